The molecule has 1 aliphatic carbocycles. The van der Waals surface area contributed by atoms with E-state index in [0.29, 0.717) is 30.7 Å². The maximum absolute atomic E-state index is 13.0. The molecule has 0 amide bonds. The van der Waals surface area contributed by atoms with Gasteiger partial charge in [0.2, 0.25) is 0 Å². The minimum Gasteiger partial charge on any atom is -0.511 e. The Morgan fingerprint density at radius 1 is 1.10 bits per heavy atom. The van der Waals surface area contributed by atoms with Crippen LogP contribution in [0.15, 0.2) is 16.5 Å². The first-order valence-electron chi connectivity index (χ1n) is 10.5. The number of carbonyl (C=O) groups is 2. The zero-order valence-corrected chi connectivity index (χ0v) is 18.7. The summed E-state index contributed by atoms with van der Waals surface area (Å²) in [5.74, 6) is -0.176. The summed E-state index contributed by atoms with van der Waals surface area (Å²) in [6, 6.07) is 0. The van der Waals surface area contributed by atoms with Crippen LogP contribution in [0.5, 0.6) is 0 Å². The predicted octanol–water partition coefficient (Wildman–Crippen LogP) is 5.44. The number of carbonyl (C=O) groups excluding carboxylic acids is 2. The van der Waals surface area contributed by atoms with Gasteiger partial charge in [-0.15, -0.1) is 0 Å². The van der Waals surface area contributed by atoms with E-state index in [0.717, 1.165) is 39.8 Å². The molecule has 0 aliphatic heterocycles. The maximum Gasteiger partial charge on any atom is 0.168 e. The van der Waals surface area contributed by atoms with Gasteiger partial charge in [0.25, 0.3) is 0 Å². The van der Waals surface area contributed by atoms with Crippen molar-refractivity contribution in [1.29, 1.82) is 0 Å². The molecule has 0 radical (unpaired) electrons. The number of nitrogens with zero attached hydrogens (tertiary/aromatic N) is 1. The highest BCUT2D eigenvalue weighted by atomic mass is 16.6. The first-order valence-corrected chi connectivity index (χ1v) is 10.5. The van der Waals surface area contributed by atoms with Crippen LogP contribution in [-0.2, 0) is 16.1 Å². The molecule has 1 N–H and O–H groups in total. The fraction of sp³-hybridized carbons (Fsp3) is 0.542. The summed E-state index contributed by atoms with van der Waals surface area (Å²) in [4.78, 5) is 30.5. The van der Waals surface area contributed by atoms with Crippen molar-refractivity contribution in [3.63, 3.8) is 0 Å². The van der Waals surface area contributed by atoms with E-state index in [1.807, 2.05) is 27.7 Å². The number of rotatable bonds is 7. The van der Waals surface area contributed by atoms with Crippen LogP contribution in [0.25, 0.3) is 0 Å². The van der Waals surface area contributed by atoms with Crippen LogP contribution in [0.4, 0.5) is 0 Å². The molecule has 29 heavy (non-hydrogen) atoms. The Hall–Kier alpha value is -2.43. The van der Waals surface area contributed by atoms with Crippen LogP contribution in [0, 0.1) is 20.8 Å². The zero-order valence-electron chi connectivity index (χ0n) is 18.7. The molecule has 0 heterocycles. The lowest BCUT2D eigenvalue weighted by atomic mass is 9.74. The van der Waals surface area contributed by atoms with Gasteiger partial charge in [-0.2, -0.15) is 0 Å². The third kappa shape index (κ3) is 4.29. The average Bonchev–Trinajstić information content (AvgIpc) is 2.63. The number of aliphatic hydroxyl groups excluding tert-OH is 1. The van der Waals surface area contributed by atoms with Crippen molar-refractivity contribution in [2.24, 2.45) is 5.16 Å². The summed E-state index contributed by atoms with van der Waals surface area (Å²) in [7, 11) is 0. The number of Topliss-reactive ketones (excluding diaryl/α,β-unsaturated/α-hetero) is 2. The Morgan fingerprint density at radius 2 is 1.76 bits per heavy atom. The molecule has 0 saturated carbocycles. The van der Waals surface area contributed by atoms with E-state index in [1.54, 1.807) is 6.92 Å². The van der Waals surface area contributed by atoms with E-state index in [1.165, 1.54) is 0 Å². The van der Waals surface area contributed by atoms with E-state index in [2.05, 4.69) is 19.0 Å². The van der Waals surface area contributed by atoms with E-state index in [9.17, 15) is 14.7 Å². The summed E-state index contributed by atoms with van der Waals surface area (Å²) < 4.78 is 0. The number of oxime groups is 1. The average molecular weight is 400 g/mol. The molecular formula is C24H33NO4. The summed E-state index contributed by atoms with van der Waals surface area (Å²) in [5, 5.41) is 14.8. The van der Waals surface area contributed by atoms with Crippen LogP contribution >= 0.6 is 0 Å². The van der Waals surface area contributed by atoms with Crippen molar-refractivity contribution in [1.82, 2.24) is 0 Å². The van der Waals surface area contributed by atoms with Crippen molar-refractivity contribution < 1.29 is 19.5 Å². The molecule has 2 rings (SSSR count). The van der Waals surface area contributed by atoms with Gasteiger partial charge in [0, 0.05) is 18.4 Å². The molecule has 5 heteroatoms. The number of benzene rings is 1. The smallest absolute Gasteiger partial charge is 0.168 e. The molecule has 5 nitrogen and oxygen atoms in total. The molecule has 158 valence electrons. The Morgan fingerprint density at radius 3 is 2.24 bits per heavy atom. The lowest BCUT2D eigenvalue weighted by molar-refractivity contribution is -0.116. The zero-order chi connectivity index (χ0) is 21.9. The number of ketones is 2. The minimum atomic E-state index is -0.152. The van der Waals surface area contributed by atoms with Gasteiger partial charge in [-0.25, -0.2) is 0 Å². The fourth-order valence-corrected chi connectivity index (χ4v) is 4.82. The Labute approximate surface area is 173 Å². The van der Waals surface area contributed by atoms with E-state index in [-0.39, 0.29) is 29.7 Å². The quantitative estimate of drug-likeness (QED) is 0.376. The van der Waals surface area contributed by atoms with Crippen LogP contribution in [-0.4, -0.2) is 29.0 Å². The normalized spacial score (nSPS) is 17.7. The van der Waals surface area contributed by atoms with Gasteiger partial charge in [0.15, 0.2) is 11.6 Å². The van der Waals surface area contributed by atoms with Crippen molar-refractivity contribution >= 4 is 17.3 Å². The van der Waals surface area contributed by atoms with Gasteiger partial charge in [0.05, 0.1) is 11.3 Å². The van der Waals surface area contributed by atoms with E-state index in [4.69, 9.17) is 4.84 Å². The molecule has 0 saturated heterocycles. The molecule has 0 aromatic heterocycles. The molecule has 0 bridgehead atoms. The summed E-state index contributed by atoms with van der Waals surface area (Å²) in [6.45, 7) is 13.8. The van der Waals surface area contributed by atoms with Crippen molar-refractivity contribution in [2.45, 2.75) is 80.1 Å². The van der Waals surface area contributed by atoms with Gasteiger partial charge in [0.1, 0.15) is 12.4 Å². The number of allylic oxidation sites excluding steroid dienone is 2. The minimum absolute atomic E-state index is 0.0376. The highest BCUT2D eigenvalue weighted by molar-refractivity contribution is 6.23. The highest BCUT2D eigenvalue weighted by Gasteiger charge is 2.34. The molecular weight excluding hydrogens is 366 g/mol. The van der Waals surface area contributed by atoms with Crippen LogP contribution in [0.1, 0.15) is 91.1 Å². The fourth-order valence-electron chi connectivity index (χ4n) is 4.82. The lowest BCUT2D eigenvalue weighted by Crippen LogP contribution is -2.25. The summed E-state index contributed by atoms with van der Waals surface area (Å²) in [6.07, 6.45) is 1.97. The Balaban J connectivity index is 2.60. The second-order valence-corrected chi connectivity index (χ2v) is 7.71. The standard InChI is InChI=1S/C24H33NO4/c1-8-18-13(4)22(16(7)26)15(6)23(14(18)5)17-11-20(27)24(21(28)12-17)19(9-2)25-29-10-3/h17,27H,8-12H2,1-7H3/b25-19-. The highest BCUT2D eigenvalue weighted by Crippen LogP contribution is 2.40. The molecule has 0 fully saturated rings. The molecule has 1 unspecified atom stereocenters. The molecule has 1 aliphatic rings. The number of hydrogen-bond acceptors (Lipinski definition) is 5. The molecule has 1 aromatic rings. The third-order valence-electron chi connectivity index (χ3n) is 5.94. The number of hydrogen-bond donors (Lipinski definition) is 1. The van der Waals surface area contributed by atoms with Crippen molar-refractivity contribution in [3.05, 3.63) is 44.7 Å². The van der Waals surface area contributed by atoms with Crippen molar-refractivity contribution in [3.8, 4) is 0 Å². The molecule has 1 atom stereocenters. The summed E-state index contributed by atoms with van der Waals surface area (Å²) in [5.41, 5.74) is 6.79. The topological polar surface area (TPSA) is 76.0 Å². The Bertz CT molecular complexity index is 893. The van der Waals surface area contributed by atoms with Gasteiger partial charge in [-0.05, 0) is 81.2 Å². The van der Waals surface area contributed by atoms with Crippen LogP contribution in [0.3, 0.4) is 0 Å². The Kier molecular flexibility index (Phi) is 7.39. The number of aliphatic hydroxyl groups is 1. The first kappa shape index (κ1) is 22.9. The second-order valence-electron chi connectivity index (χ2n) is 7.71. The van der Waals surface area contributed by atoms with Gasteiger partial charge >= 0.3 is 0 Å². The third-order valence-corrected chi connectivity index (χ3v) is 5.94. The predicted molar refractivity (Wildman–Crippen MR) is 116 cm³/mol. The van der Waals surface area contributed by atoms with Gasteiger partial charge in [-0.3, -0.25) is 9.59 Å². The van der Waals surface area contributed by atoms with Crippen LogP contribution in [0.2, 0.25) is 0 Å². The second kappa shape index (κ2) is 9.38. The van der Waals surface area contributed by atoms with Crippen molar-refractivity contribution in [2.75, 3.05) is 6.61 Å². The lowest BCUT2D eigenvalue weighted by Gasteiger charge is -2.29. The maximum atomic E-state index is 13.0. The van der Waals surface area contributed by atoms with E-state index >= 15 is 0 Å². The van der Waals surface area contributed by atoms with Gasteiger partial charge < -0.3 is 9.94 Å². The van der Waals surface area contributed by atoms with E-state index < -0.39 is 0 Å². The van der Waals surface area contributed by atoms with Crippen LogP contribution < -0.4 is 0 Å². The summed E-state index contributed by atoms with van der Waals surface area (Å²) >= 11 is 0. The molecule has 1 aromatic carbocycles. The first-order chi connectivity index (χ1) is 13.7. The largest absolute Gasteiger partial charge is 0.511 e. The van der Waals surface area contributed by atoms with Gasteiger partial charge in [-0.1, -0.05) is 19.0 Å². The molecule has 0 spiro atoms. The monoisotopic (exact) mass is 399 g/mol. The SMILES string of the molecule is CCO/N=C(/CC)C1=C(O)CC(c2c(C)c(CC)c(C)c(C(C)=O)c2C)CC1=O.